The molecule has 0 aliphatic carbocycles. The van der Waals surface area contributed by atoms with Crippen LogP contribution < -0.4 is 0 Å². The van der Waals surface area contributed by atoms with E-state index in [1.54, 1.807) is 0 Å². The van der Waals surface area contributed by atoms with E-state index in [4.69, 9.17) is 16.9 Å². The maximum absolute atomic E-state index is 11.3. The number of hydrogen-bond acceptors (Lipinski definition) is 4. The zero-order chi connectivity index (χ0) is 10.7. The number of thiol groups is 1. The van der Waals surface area contributed by atoms with Gasteiger partial charge in [0, 0.05) is 4.90 Å². The van der Waals surface area contributed by atoms with Gasteiger partial charge in [0.15, 0.2) is 0 Å². The number of benzene rings is 1. The molecule has 0 unspecified atom stereocenters. The van der Waals surface area contributed by atoms with E-state index in [0.717, 1.165) is 0 Å². The number of ether oxygens (including phenoxy) is 1. The van der Waals surface area contributed by atoms with Crippen LogP contribution in [0.15, 0.2) is 17.0 Å². The van der Waals surface area contributed by atoms with Gasteiger partial charge in [-0.2, -0.15) is 5.26 Å². The monoisotopic (exact) mass is 227 g/mol. The molecule has 0 aromatic heterocycles. The minimum absolute atomic E-state index is 0.0758. The predicted octanol–water partition coefficient (Wildman–Crippen LogP) is 2.29. The highest BCUT2D eigenvalue weighted by Gasteiger charge is 2.17. The third-order valence-electron chi connectivity index (χ3n) is 1.63. The van der Waals surface area contributed by atoms with E-state index in [1.165, 1.54) is 19.2 Å². The molecule has 0 bridgehead atoms. The van der Waals surface area contributed by atoms with Gasteiger partial charge in [-0.25, -0.2) is 4.79 Å². The van der Waals surface area contributed by atoms with Crippen molar-refractivity contribution in [2.75, 3.05) is 7.11 Å². The molecule has 3 nitrogen and oxygen atoms in total. The molecule has 0 saturated heterocycles. The maximum Gasteiger partial charge on any atom is 0.340 e. The van der Waals surface area contributed by atoms with Gasteiger partial charge in [0.2, 0.25) is 0 Å². The van der Waals surface area contributed by atoms with Crippen molar-refractivity contribution in [2.45, 2.75) is 4.90 Å². The van der Waals surface area contributed by atoms with E-state index in [9.17, 15) is 4.79 Å². The summed E-state index contributed by atoms with van der Waals surface area (Å²) in [4.78, 5) is 11.6. The summed E-state index contributed by atoms with van der Waals surface area (Å²) in [6.45, 7) is 0. The molecule has 5 heteroatoms. The average Bonchev–Trinajstić information content (AvgIpc) is 2.18. The number of esters is 1. The minimum Gasteiger partial charge on any atom is -0.465 e. The van der Waals surface area contributed by atoms with Gasteiger partial charge in [0.05, 0.1) is 23.3 Å². The summed E-state index contributed by atoms with van der Waals surface area (Å²) >= 11 is 9.87. The highest BCUT2D eigenvalue weighted by molar-refractivity contribution is 7.80. The fourth-order valence-electron chi connectivity index (χ4n) is 0.948. The first kappa shape index (κ1) is 10.9. The van der Waals surface area contributed by atoms with Crippen LogP contribution >= 0.6 is 24.2 Å². The molecule has 72 valence electrons. The molecule has 0 radical (unpaired) electrons. The molecule has 0 spiro atoms. The SMILES string of the molecule is COC(=O)c1c(S)ccc(C#N)c1Cl. The topological polar surface area (TPSA) is 50.1 Å². The van der Waals surface area contributed by atoms with Crippen LogP contribution in [0.2, 0.25) is 5.02 Å². The van der Waals surface area contributed by atoms with Crippen LogP contribution in [0, 0.1) is 11.3 Å². The molecule has 0 atom stereocenters. The van der Waals surface area contributed by atoms with E-state index in [0.29, 0.717) is 4.90 Å². The summed E-state index contributed by atoms with van der Waals surface area (Å²) in [6.07, 6.45) is 0. The molecule has 14 heavy (non-hydrogen) atoms. The number of nitriles is 1. The van der Waals surface area contributed by atoms with Crippen molar-refractivity contribution in [2.24, 2.45) is 0 Å². The Bertz CT molecular complexity index is 426. The van der Waals surface area contributed by atoms with E-state index < -0.39 is 5.97 Å². The van der Waals surface area contributed by atoms with Gasteiger partial charge in [0.1, 0.15) is 6.07 Å². The lowest BCUT2D eigenvalue weighted by atomic mass is 10.1. The molecular formula is C9H6ClNO2S. The zero-order valence-electron chi connectivity index (χ0n) is 7.24. The lowest BCUT2D eigenvalue weighted by Gasteiger charge is -2.05. The highest BCUT2D eigenvalue weighted by atomic mass is 35.5. The molecule has 0 saturated carbocycles. The molecule has 0 aliphatic rings. The summed E-state index contributed by atoms with van der Waals surface area (Å²) in [6, 6.07) is 4.89. The Hall–Kier alpha value is -1.18. The Balaban J connectivity index is 3.42. The second-order valence-corrected chi connectivity index (χ2v) is 3.28. The highest BCUT2D eigenvalue weighted by Crippen LogP contribution is 2.27. The van der Waals surface area contributed by atoms with Crippen molar-refractivity contribution >= 4 is 30.2 Å². The Morgan fingerprint density at radius 1 is 1.64 bits per heavy atom. The molecule has 0 fully saturated rings. The van der Waals surface area contributed by atoms with Crippen molar-refractivity contribution in [1.29, 1.82) is 5.26 Å². The largest absolute Gasteiger partial charge is 0.465 e. The molecule has 0 aliphatic heterocycles. The van der Waals surface area contributed by atoms with Crippen LogP contribution in [0.4, 0.5) is 0 Å². The molecule has 1 aromatic carbocycles. The molecular weight excluding hydrogens is 222 g/mol. The maximum atomic E-state index is 11.3. The van der Waals surface area contributed by atoms with Crippen molar-refractivity contribution < 1.29 is 9.53 Å². The van der Waals surface area contributed by atoms with Crippen molar-refractivity contribution in [1.82, 2.24) is 0 Å². The smallest absolute Gasteiger partial charge is 0.340 e. The fourth-order valence-corrected chi connectivity index (χ4v) is 1.58. The van der Waals surface area contributed by atoms with Crippen molar-refractivity contribution in [3.8, 4) is 6.07 Å². The zero-order valence-corrected chi connectivity index (χ0v) is 8.89. The van der Waals surface area contributed by atoms with E-state index >= 15 is 0 Å². The normalized spacial score (nSPS) is 9.29. The van der Waals surface area contributed by atoms with Gasteiger partial charge in [-0.15, -0.1) is 12.6 Å². The van der Waals surface area contributed by atoms with Gasteiger partial charge >= 0.3 is 5.97 Å². The molecule has 0 heterocycles. The van der Waals surface area contributed by atoms with Crippen LogP contribution in [0.25, 0.3) is 0 Å². The van der Waals surface area contributed by atoms with E-state index in [-0.39, 0.29) is 16.1 Å². The third kappa shape index (κ3) is 1.84. The van der Waals surface area contributed by atoms with Crippen molar-refractivity contribution in [3.05, 3.63) is 28.3 Å². The number of halogens is 1. The lowest BCUT2D eigenvalue weighted by molar-refractivity contribution is 0.0597. The first-order valence-corrected chi connectivity index (χ1v) is 4.44. The quantitative estimate of drug-likeness (QED) is 0.592. The third-order valence-corrected chi connectivity index (χ3v) is 2.40. The Morgan fingerprint density at radius 3 is 2.79 bits per heavy atom. The lowest BCUT2D eigenvalue weighted by Crippen LogP contribution is -2.04. The Kier molecular flexibility index (Phi) is 3.39. The van der Waals surface area contributed by atoms with Gasteiger partial charge in [0.25, 0.3) is 0 Å². The minimum atomic E-state index is -0.600. The predicted molar refractivity (Wildman–Crippen MR) is 54.8 cm³/mol. The summed E-state index contributed by atoms with van der Waals surface area (Å²) in [5.74, 6) is -0.600. The Morgan fingerprint density at radius 2 is 2.29 bits per heavy atom. The van der Waals surface area contributed by atoms with Crippen LogP contribution in [0.5, 0.6) is 0 Å². The van der Waals surface area contributed by atoms with Crippen LogP contribution in [-0.2, 0) is 4.74 Å². The number of rotatable bonds is 1. The van der Waals surface area contributed by atoms with E-state index in [1.807, 2.05) is 6.07 Å². The number of carbonyl (C=O) groups excluding carboxylic acids is 1. The molecule has 1 rings (SSSR count). The van der Waals surface area contributed by atoms with Gasteiger partial charge in [-0.3, -0.25) is 0 Å². The number of hydrogen-bond donors (Lipinski definition) is 1. The number of carbonyl (C=O) groups is 1. The first-order valence-electron chi connectivity index (χ1n) is 3.61. The average molecular weight is 228 g/mol. The van der Waals surface area contributed by atoms with Gasteiger partial charge in [-0.05, 0) is 12.1 Å². The fraction of sp³-hybridized carbons (Fsp3) is 0.111. The molecule has 0 N–H and O–H groups in total. The number of methoxy groups -OCH3 is 1. The number of nitrogens with zero attached hydrogens (tertiary/aromatic N) is 1. The second-order valence-electron chi connectivity index (χ2n) is 2.42. The van der Waals surface area contributed by atoms with Gasteiger partial charge < -0.3 is 4.74 Å². The van der Waals surface area contributed by atoms with Crippen molar-refractivity contribution in [3.63, 3.8) is 0 Å². The van der Waals surface area contributed by atoms with Gasteiger partial charge in [-0.1, -0.05) is 11.6 Å². The first-order chi connectivity index (χ1) is 6.61. The summed E-state index contributed by atoms with van der Waals surface area (Å²) in [5, 5.41) is 8.75. The standard InChI is InChI=1S/C9H6ClNO2S/c1-13-9(12)7-6(14)3-2-5(4-11)8(7)10/h2-3,14H,1H3. The summed E-state index contributed by atoms with van der Waals surface area (Å²) in [7, 11) is 1.24. The van der Waals surface area contributed by atoms with Crippen LogP contribution in [0.3, 0.4) is 0 Å². The summed E-state index contributed by atoms with van der Waals surface area (Å²) in [5.41, 5.74) is 0.349. The van der Waals surface area contributed by atoms with Crippen LogP contribution in [0.1, 0.15) is 15.9 Å². The summed E-state index contributed by atoms with van der Waals surface area (Å²) < 4.78 is 4.52. The molecule has 1 aromatic rings. The van der Waals surface area contributed by atoms with E-state index in [2.05, 4.69) is 17.4 Å². The Labute approximate surface area is 91.7 Å². The second kappa shape index (κ2) is 4.36. The van der Waals surface area contributed by atoms with Crippen LogP contribution in [-0.4, -0.2) is 13.1 Å². The molecule has 0 amide bonds.